The number of rotatable bonds is 6. The van der Waals surface area contributed by atoms with Crippen LogP contribution in [0.25, 0.3) is 0 Å². The molecular formula is C20H19ClN4O4S2. The number of esters is 2. The van der Waals surface area contributed by atoms with Crippen LogP contribution < -0.4 is 10.6 Å². The Balaban J connectivity index is 1.77. The van der Waals surface area contributed by atoms with Gasteiger partial charge in [-0.2, -0.15) is 5.10 Å². The molecule has 11 heteroatoms. The van der Waals surface area contributed by atoms with Crippen molar-refractivity contribution in [3.8, 4) is 0 Å². The van der Waals surface area contributed by atoms with Gasteiger partial charge in [-0.05, 0) is 42.4 Å². The Bertz CT molecular complexity index is 1140. The Kier molecular flexibility index (Phi) is 7.26. The molecule has 2 aromatic heterocycles. The van der Waals surface area contributed by atoms with Gasteiger partial charge in [-0.1, -0.05) is 23.7 Å². The van der Waals surface area contributed by atoms with Gasteiger partial charge in [-0.25, -0.2) is 9.59 Å². The summed E-state index contributed by atoms with van der Waals surface area (Å²) < 4.78 is 11.4. The SMILES string of the molecule is COC(=O)c1sc(NC(=S)Nc2cccc(Cn3cc(Cl)cn3)c2)c(C(=O)OC)c1C. The Morgan fingerprint density at radius 2 is 1.97 bits per heavy atom. The second kappa shape index (κ2) is 9.90. The van der Waals surface area contributed by atoms with Crippen LogP contribution in [0.5, 0.6) is 0 Å². The number of benzene rings is 1. The highest BCUT2D eigenvalue weighted by Gasteiger charge is 2.26. The van der Waals surface area contributed by atoms with Gasteiger partial charge < -0.3 is 20.1 Å². The van der Waals surface area contributed by atoms with Gasteiger partial charge in [0.1, 0.15) is 9.88 Å². The van der Waals surface area contributed by atoms with Gasteiger partial charge in [0.2, 0.25) is 0 Å². The van der Waals surface area contributed by atoms with Crippen LogP contribution in [-0.4, -0.2) is 41.1 Å². The highest BCUT2D eigenvalue weighted by molar-refractivity contribution is 7.80. The number of thiophene rings is 1. The molecule has 0 saturated carbocycles. The minimum absolute atomic E-state index is 0.237. The van der Waals surface area contributed by atoms with E-state index in [1.165, 1.54) is 14.2 Å². The maximum Gasteiger partial charge on any atom is 0.348 e. The third kappa shape index (κ3) is 5.40. The van der Waals surface area contributed by atoms with Gasteiger partial charge in [0.05, 0.1) is 37.5 Å². The Morgan fingerprint density at radius 1 is 1.23 bits per heavy atom. The van der Waals surface area contributed by atoms with Crippen molar-refractivity contribution < 1.29 is 19.1 Å². The minimum atomic E-state index is -0.575. The van der Waals surface area contributed by atoms with Crippen LogP contribution >= 0.6 is 35.2 Å². The topological polar surface area (TPSA) is 94.5 Å². The molecule has 3 aromatic rings. The van der Waals surface area contributed by atoms with Crippen molar-refractivity contribution in [2.45, 2.75) is 13.5 Å². The molecule has 0 spiro atoms. The summed E-state index contributed by atoms with van der Waals surface area (Å²) in [5.41, 5.74) is 2.44. The first-order chi connectivity index (χ1) is 14.8. The fourth-order valence-corrected chi connectivity index (χ4v) is 4.42. The predicted molar refractivity (Wildman–Crippen MR) is 124 cm³/mol. The molecule has 2 N–H and O–H groups in total. The van der Waals surface area contributed by atoms with Crippen LogP contribution in [0.2, 0.25) is 5.02 Å². The Hall–Kier alpha value is -2.95. The molecule has 0 aliphatic carbocycles. The molecule has 0 radical (unpaired) electrons. The summed E-state index contributed by atoms with van der Waals surface area (Å²) in [7, 11) is 2.55. The van der Waals surface area contributed by atoms with Crippen LogP contribution in [0.4, 0.5) is 10.7 Å². The van der Waals surface area contributed by atoms with Crippen LogP contribution in [0.1, 0.15) is 31.2 Å². The Labute approximate surface area is 193 Å². The fraction of sp³-hybridized carbons (Fsp3) is 0.200. The number of anilines is 2. The van der Waals surface area contributed by atoms with E-state index in [0.29, 0.717) is 27.0 Å². The van der Waals surface area contributed by atoms with E-state index < -0.39 is 11.9 Å². The number of hydrogen-bond acceptors (Lipinski definition) is 7. The zero-order chi connectivity index (χ0) is 22.5. The number of thiocarbonyl (C=S) groups is 1. The van der Waals surface area contributed by atoms with E-state index in [4.69, 9.17) is 33.3 Å². The molecule has 0 saturated heterocycles. The molecule has 0 aliphatic heterocycles. The molecule has 0 amide bonds. The number of hydrogen-bond donors (Lipinski definition) is 2. The van der Waals surface area contributed by atoms with Crippen LogP contribution in [0, 0.1) is 6.92 Å². The van der Waals surface area contributed by atoms with E-state index in [2.05, 4.69) is 15.7 Å². The molecule has 3 rings (SSSR count). The molecule has 0 bridgehead atoms. The normalized spacial score (nSPS) is 10.5. The van der Waals surface area contributed by atoms with Gasteiger partial charge >= 0.3 is 11.9 Å². The average Bonchev–Trinajstić information content (AvgIpc) is 3.29. The quantitative estimate of drug-likeness (QED) is 0.399. The van der Waals surface area contributed by atoms with Crippen molar-refractivity contribution in [1.29, 1.82) is 0 Å². The first kappa shape index (κ1) is 22.7. The third-order valence-corrected chi connectivity index (χ3v) is 5.85. The van der Waals surface area contributed by atoms with Gasteiger partial charge in [-0.15, -0.1) is 11.3 Å². The third-order valence-electron chi connectivity index (χ3n) is 4.27. The van der Waals surface area contributed by atoms with E-state index in [1.807, 2.05) is 24.3 Å². The number of aromatic nitrogens is 2. The number of methoxy groups -OCH3 is 2. The number of carbonyl (C=O) groups excluding carboxylic acids is 2. The molecule has 2 heterocycles. The fourth-order valence-electron chi connectivity index (χ4n) is 2.86. The van der Waals surface area contributed by atoms with E-state index in [9.17, 15) is 9.59 Å². The van der Waals surface area contributed by atoms with Crippen LogP contribution in [0.15, 0.2) is 36.7 Å². The lowest BCUT2D eigenvalue weighted by Gasteiger charge is -2.12. The number of ether oxygens (including phenoxy) is 2. The lowest BCUT2D eigenvalue weighted by atomic mass is 10.1. The molecule has 0 fully saturated rings. The summed E-state index contributed by atoms with van der Waals surface area (Å²) in [6, 6.07) is 7.62. The van der Waals surface area contributed by atoms with Gasteiger partial charge in [-0.3, -0.25) is 4.68 Å². The zero-order valence-electron chi connectivity index (χ0n) is 16.9. The summed E-state index contributed by atoms with van der Waals surface area (Å²) in [5, 5.41) is 11.4. The molecule has 8 nitrogen and oxygen atoms in total. The number of halogens is 1. The maximum absolute atomic E-state index is 12.3. The van der Waals surface area contributed by atoms with Crippen molar-refractivity contribution >= 4 is 62.9 Å². The summed E-state index contributed by atoms with van der Waals surface area (Å²) in [6.45, 7) is 2.20. The zero-order valence-corrected chi connectivity index (χ0v) is 19.3. The van der Waals surface area contributed by atoms with Crippen molar-refractivity contribution in [2.75, 3.05) is 24.9 Å². The number of nitrogens with one attached hydrogen (secondary N) is 2. The molecule has 1 aromatic carbocycles. The van der Waals surface area contributed by atoms with Crippen LogP contribution in [0.3, 0.4) is 0 Å². The summed E-state index contributed by atoms with van der Waals surface area (Å²) in [4.78, 5) is 24.6. The molecule has 0 unspecified atom stereocenters. The maximum atomic E-state index is 12.3. The molecule has 162 valence electrons. The second-order valence-corrected chi connectivity index (χ2v) is 8.24. The summed E-state index contributed by atoms with van der Waals surface area (Å²) in [5.74, 6) is -1.11. The summed E-state index contributed by atoms with van der Waals surface area (Å²) >= 11 is 12.4. The predicted octanol–water partition coefficient (Wildman–Crippen LogP) is 4.34. The minimum Gasteiger partial charge on any atom is -0.465 e. The molecule has 0 atom stereocenters. The lowest BCUT2D eigenvalue weighted by Crippen LogP contribution is -2.20. The van der Waals surface area contributed by atoms with Crippen molar-refractivity contribution in [1.82, 2.24) is 9.78 Å². The van der Waals surface area contributed by atoms with Gasteiger partial charge in [0, 0.05) is 11.9 Å². The lowest BCUT2D eigenvalue weighted by molar-refractivity contribution is 0.0601. The average molecular weight is 479 g/mol. The molecule has 0 aliphatic rings. The first-order valence-electron chi connectivity index (χ1n) is 8.97. The number of carbonyl (C=O) groups is 2. The van der Waals surface area contributed by atoms with Gasteiger partial charge in [0.25, 0.3) is 0 Å². The van der Waals surface area contributed by atoms with E-state index in [1.54, 1.807) is 24.0 Å². The van der Waals surface area contributed by atoms with E-state index >= 15 is 0 Å². The monoisotopic (exact) mass is 478 g/mol. The highest BCUT2D eigenvalue weighted by Crippen LogP contribution is 2.34. The van der Waals surface area contributed by atoms with Crippen LogP contribution in [-0.2, 0) is 16.0 Å². The Morgan fingerprint density at radius 3 is 2.61 bits per heavy atom. The van der Waals surface area contributed by atoms with E-state index in [-0.39, 0.29) is 10.7 Å². The molecule has 31 heavy (non-hydrogen) atoms. The molecular weight excluding hydrogens is 460 g/mol. The number of nitrogens with zero attached hydrogens (tertiary/aromatic N) is 2. The largest absolute Gasteiger partial charge is 0.465 e. The van der Waals surface area contributed by atoms with E-state index in [0.717, 1.165) is 22.6 Å². The smallest absolute Gasteiger partial charge is 0.348 e. The van der Waals surface area contributed by atoms with Crippen molar-refractivity contribution in [2.24, 2.45) is 0 Å². The van der Waals surface area contributed by atoms with Crippen molar-refractivity contribution in [3.05, 3.63) is 63.2 Å². The summed E-state index contributed by atoms with van der Waals surface area (Å²) in [6.07, 6.45) is 3.31. The first-order valence-corrected chi connectivity index (χ1v) is 10.6. The highest BCUT2D eigenvalue weighted by atomic mass is 35.5. The second-order valence-electron chi connectivity index (χ2n) is 6.38. The van der Waals surface area contributed by atoms with Crippen molar-refractivity contribution in [3.63, 3.8) is 0 Å². The van der Waals surface area contributed by atoms with Gasteiger partial charge in [0.15, 0.2) is 5.11 Å². The standard InChI is InChI=1S/C20H19ClN4O4S2/c1-11-15(18(26)28-2)17(31-16(11)19(27)29-3)24-20(30)23-14-6-4-5-12(7-14)9-25-10-13(21)8-22-25/h4-8,10H,9H2,1-3H3,(H2,23,24,30).